The zero-order valence-corrected chi connectivity index (χ0v) is 6.87. The third kappa shape index (κ3) is 1.43. The lowest BCUT2D eigenvalue weighted by Crippen LogP contribution is -1.96. The Morgan fingerprint density at radius 2 is 2.55 bits per heavy atom. The predicted molar refractivity (Wildman–Crippen MR) is 41.4 cm³/mol. The van der Waals surface area contributed by atoms with E-state index in [1.807, 2.05) is 11.7 Å². The lowest BCUT2D eigenvalue weighted by atomic mass is 10.2. The van der Waals surface area contributed by atoms with Gasteiger partial charge in [-0.15, -0.1) is 0 Å². The van der Waals surface area contributed by atoms with Crippen LogP contribution in [0.3, 0.4) is 0 Å². The number of ether oxygens (including phenoxy) is 1. The number of hydrogen-bond acceptors (Lipinski definition) is 2. The molecule has 0 N–H and O–H groups in total. The van der Waals surface area contributed by atoms with Crippen LogP contribution in [0.2, 0.25) is 0 Å². The maximum absolute atomic E-state index is 5.11. The van der Waals surface area contributed by atoms with Gasteiger partial charge in [-0.25, -0.2) is 0 Å². The van der Waals surface area contributed by atoms with Crippen LogP contribution in [0.1, 0.15) is 11.4 Å². The molecule has 2 rings (SSSR count). The Balaban J connectivity index is 2.11. The van der Waals surface area contributed by atoms with Gasteiger partial charge < -0.3 is 4.74 Å². The first-order valence-electron chi connectivity index (χ1n) is 3.87. The number of aryl methyl sites for hydroxylation is 2. The highest BCUT2D eigenvalue weighted by molar-refractivity contribution is 5.10. The molecule has 1 atom stereocenters. The largest absolute Gasteiger partial charge is 0.373 e. The summed E-state index contributed by atoms with van der Waals surface area (Å²) in [6.45, 7) is 2.97. The van der Waals surface area contributed by atoms with Crippen molar-refractivity contribution >= 4 is 0 Å². The van der Waals surface area contributed by atoms with Crippen LogP contribution < -0.4 is 0 Å². The van der Waals surface area contributed by atoms with E-state index in [0.717, 1.165) is 18.7 Å². The van der Waals surface area contributed by atoms with Crippen molar-refractivity contribution in [3.63, 3.8) is 0 Å². The first-order valence-corrected chi connectivity index (χ1v) is 3.87. The highest BCUT2D eigenvalue weighted by atomic mass is 16.6. The van der Waals surface area contributed by atoms with Crippen LogP contribution in [0, 0.1) is 6.92 Å². The molecule has 0 saturated carbocycles. The zero-order valence-electron chi connectivity index (χ0n) is 6.87. The standard InChI is InChI=1S/C8H12N2O/c1-6-3-7(9-10(6)2)4-8-5-11-8/h3,8H,4-5H2,1-2H3. The third-order valence-corrected chi connectivity index (χ3v) is 2.00. The molecule has 3 nitrogen and oxygen atoms in total. The van der Waals surface area contributed by atoms with Gasteiger partial charge in [0.2, 0.25) is 0 Å². The molecule has 0 spiro atoms. The maximum atomic E-state index is 5.11. The smallest absolute Gasteiger partial charge is 0.0865 e. The van der Waals surface area contributed by atoms with E-state index in [1.54, 1.807) is 0 Å². The monoisotopic (exact) mass is 152 g/mol. The van der Waals surface area contributed by atoms with Crippen molar-refractivity contribution in [1.29, 1.82) is 0 Å². The Kier molecular flexibility index (Phi) is 1.46. The molecule has 11 heavy (non-hydrogen) atoms. The van der Waals surface area contributed by atoms with E-state index in [0.29, 0.717) is 6.10 Å². The first-order chi connectivity index (χ1) is 5.25. The number of epoxide rings is 1. The zero-order chi connectivity index (χ0) is 7.84. The minimum Gasteiger partial charge on any atom is -0.373 e. The third-order valence-electron chi connectivity index (χ3n) is 2.00. The average Bonchev–Trinajstić information content (AvgIpc) is 2.65. The second-order valence-electron chi connectivity index (χ2n) is 3.06. The lowest BCUT2D eigenvalue weighted by Gasteiger charge is -1.89. The van der Waals surface area contributed by atoms with E-state index in [4.69, 9.17) is 4.74 Å². The normalized spacial score (nSPS) is 22.2. The van der Waals surface area contributed by atoms with Crippen molar-refractivity contribution in [2.24, 2.45) is 7.05 Å². The van der Waals surface area contributed by atoms with E-state index in [1.165, 1.54) is 5.69 Å². The van der Waals surface area contributed by atoms with Crippen LogP contribution in [0.25, 0.3) is 0 Å². The molecule has 1 aliphatic heterocycles. The van der Waals surface area contributed by atoms with Crippen molar-refractivity contribution in [3.8, 4) is 0 Å². The molecule has 3 heteroatoms. The van der Waals surface area contributed by atoms with Gasteiger partial charge in [-0.05, 0) is 13.0 Å². The number of rotatable bonds is 2. The molecular formula is C8H12N2O. The fraction of sp³-hybridized carbons (Fsp3) is 0.625. The molecule has 1 saturated heterocycles. The maximum Gasteiger partial charge on any atom is 0.0865 e. The summed E-state index contributed by atoms with van der Waals surface area (Å²) in [5.41, 5.74) is 2.35. The van der Waals surface area contributed by atoms with Crippen molar-refractivity contribution < 1.29 is 4.74 Å². The summed E-state index contributed by atoms with van der Waals surface area (Å²) in [6, 6.07) is 2.11. The van der Waals surface area contributed by atoms with Gasteiger partial charge in [0.1, 0.15) is 0 Å². The Labute approximate surface area is 66.0 Å². The van der Waals surface area contributed by atoms with Gasteiger partial charge in [0.25, 0.3) is 0 Å². The number of hydrogen-bond donors (Lipinski definition) is 0. The van der Waals surface area contributed by atoms with Crippen LogP contribution in [-0.4, -0.2) is 22.5 Å². The van der Waals surface area contributed by atoms with Gasteiger partial charge >= 0.3 is 0 Å². The number of nitrogens with zero attached hydrogens (tertiary/aromatic N) is 2. The minimum atomic E-state index is 0.448. The summed E-state index contributed by atoms with van der Waals surface area (Å²) < 4.78 is 7.01. The predicted octanol–water partition coefficient (Wildman–Crippen LogP) is 0.670. The molecule has 0 aliphatic carbocycles. The van der Waals surface area contributed by atoms with E-state index in [9.17, 15) is 0 Å². The van der Waals surface area contributed by atoms with Gasteiger partial charge in [-0.1, -0.05) is 0 Å². The summed E-state index contributed by atoms with van der Waals surface area (Å²) >= 11 is 0. The van der Waals surface area contributed by atoms with E-state index in [2.05, 4.69) is 18.1 Å². The molecular weight excluding hydrogens is 140 g/mol. The fourth-order valence-electron chi connectivity index (χ4n) is 1.15. The number of aromatic nitrogens is 2. The summed E-state index contributed by atoms with van der Waals surface area (Å²) in [4.78, 5) is 0. The Hall–Kier alpha value is -0.830. The molecule has 0 aromatic carbocycles. The second kappa shape index (κ2) is 2.34. The van der Waals surface area contributed by atoms with E-state index in [-0.39, 0.29) is 0 Å². The van der Waals surface area contributed by atoms with Crippen LogP contribution in [-0.2, 0) is 18.2 Å². The molecule has 1 aromatic heterocycles. The Morgan fingerprint density at radius 1 is 1.82 bits per heavy atom. The topological polar surface area (TPSA) is 30.4 Å². The average molecular weight is 152 g/mol. The van der Waals surface area contributed by atoms with Crippen molar-refractivity contribution in [2.75, 3.05) is 6.61 Å². The molecule has 0 radical (unpaired) electrons. The van der Waals surface area contributed by atoms with Crippen molar-refractivity contribution in [1.82, 2.24) is 9.78 Å². The van der Waals surface area contributed by atoms with Gasteiger partial charge in [-0.2, -0.15) is 5.10 Å². The van der Waals surface area contributed by atoms with Crippen molar-refractivity contribution in [3.05, 3.63) is 17.5 Å². The molecule has 1 fully saturated rings. The second-order valence-corrected chi connectivity index (χ2v) is 3.06. The molecule has 1 unspecified atom stereocenters. The van der Waals surface area contributed by atoms with Gasteiger partial charge in [0.15, 0.2) is 0 Å². The Morgan fingerprint density at radius 3 is 3.00 bits per heavy atom. The lowest BCUT2D eigenvalue weighted by molar-refractivity contribution is 0.405. The highest BCUT2D eigenvalue weighted by Gasteiger charge is 2.23. The summed E-state index contributed by atoms with van der Waals surface area (Å²) in [5.74, 6) is 0. The Bertz CT molecular complexity index is 244. The fourth-order valence-corrected chi connectivity index (χ4v) is 1.15. The van der Waals surface area contributed by atoms with E-state index >= 15 is 0 Å². The van der Waals surface area contributed by atoms with Crippen LogP contribution in [0.5, 0.6) is 0 Å². The minimum absolute atomic E-state index is 0.448. The summed E-state index contributed by atoms with van der Waals surface area (Å²) in [5, 5.41) is 4.33. The molecule has 1 aromatic rings. The summed E-state index contributed by atoms with van der Waals surface area (Å²) in [7, 11) is 1.96. The highest BCUT2D eigenvalue weighted by Crippen LogP contribution is 2.15. The molecule has 60 valence electrons. The summed E-state index contributed by atoms with van der Waals surface area (Å²) in [6.07, 6.45) is 1.42. The van der Waals surface area contributed by atoms with Gasteiger partial charge in [0, 0.05) is 19.2 Å². The van der Waals surface area contributed by atoms with Crippen LogP contribution in [0.4, 0.5) is 0 Å². The molecule has 2 heterocycles. The molecule has 1 aliphatic rings. The van der Waals surface area contributed by atoms with E-state index < -0.39 is 0 Å². The van der Waals surface area contributed by atoms with Gasteiger partial charge in [-0.3, -0.25) is 4.68 Å². The first kappa shape index (κ1) is 6.85. The van der Waals surface area contributed by atoms with Gasteiger partial charge in [0.05, 0.1) is 18.4 Å². The quantitative estimate of drug-likeness (QED) is 0.583. The van der Waals surface area contributed by atoms with Crippen LogP contribution in [0.15, 0.2) is 6.07 Å². The SMILES string of the molecule is Cc1cc(CC2CO2)nn1C. The molecule has 0 amide bonds. The van der Waals surface area contributed by atoms with Crippen molar-refractivity contribution in [2.45, 2.75) is 19.4 Å². The molecule has 0 bridgehead atoms. The van der Waals surface area contributed by atoms with Crippen LogP contribution >= 0.6 is 0 Å².